The number of nitrogens with zero attached hydrogens (tertiary/aromatic N) is 1. The number of benzene rings is 1. The number of hydrogen-bond donors (Lipinski definition) is 3. The summed E-state index contributed by atoms with van der Waals surface area (Å²) in [5.41, 5.74) is -0.321. The van der Waals surface area contributed by atoms with Gasteiger partial charge >= 0.3 is 12.1 Å². The molecular weight excluding hydrogens is 466 g/mol. The predicted molar refractivity (Wildman–Crippen MR) is 135 cm³/mol. The number of hydrogen-bond acceptors (Lipinski definition) is 7. The summed E-state index contributed by atoms with van der Waals surface area (Å²) in [4.78, 5) is 53.0. The lowest BCUT2D eigenvalue weighted by atomic mass is 9.97. The van der Waals surface area contributed by atoms with Crippen LogP contribution in [0.1, 0.15) is 72.9 Å². The molecule has 36 heavy (non-hydrogen) atoms. The Balaban J connectivity index is 3.49. The second kappa shape index (κ2) is 13.7. The predicted octanol–water partition coefficient (Wildman–Crippen LogP) is 3.29. The lowest BCUT2D eigenvalue weighted by molar-refractivity contribution is -0.146. The van der Waals surface area contributed by atoms with E-state index < -0.39 is 47.6 Å². The van der Waals surface area contributed by atoms with Crippen LogP contribution in [0.5, 0.6) is 5.75 Å². The number of methoxy groups -OCH3 is 1. The molecule has 0 aliphatic rings. The smallest absolute Gasteiger partial charge is 0.408 e. The number of aromatic hydroxyl groups is 1. The highest BCUT2D eigenvalue weighted by atomic mass is 16.6. The van der Waals surface area contributed by atoms with Crippen molar-refractivity contribution >= 4 is 23.9 Å². The van der Waals surface area contributed by atoms with Crippen molar-refractivity contribution in [3.63, 3.8) is 0 Å². The van der Waals surface area contributed by atoms with E-state index in [1.54, 1.807) is 39.8 Å². The maximum absolute atomic E-state index is 14.0. The maximum atomic E-state index is 14.0. The highest BCUT2D eigenvalue weighted by molar-refractivity contribution is 5.93. The van der Waals surface area contributed by atoms with Crippen molar-refractivity contribution in [2.45, 2.75) is 85.0 Å². The molecular formula is C26H41N3O7. The van der Waals surface area contributed by atoms with Crippen LogP contribution in [0.4, 0.5) is 4.79 Å². The Morgan fingerprint density at radius 2 is 1.64 bits per heavy atom. The normalized spacial score (nSPS) is 13.8. The zero-order chi connectivity index (χ0) is 27.6. The highest BCUT2D eigenvalue weighted by Crippen LogP contribution is 2.28. The fourth-order valence-electron chi connectivity index (χ4n) is 3.54. The van der Waals surface area contributed by atoms with Gasteiger partial charge in [0.15, 0.2) is 0 Å². The van der Waals surface area contributed by atoms with Gasteiger partial charge in [0.05, 0.1) is 7.11 Å². The summed E-state index contributed by atoms with van der Waals surface area (Å²) in [5.74, 6) is -1.65. The van der Waals surface area contributed by atoms with Crippen molar-refractivity contribution in [2.75, 3.05) is 13.7 Å². The van der Waals surface area contributed by atoms with Crippen LogP contribution in [0.3, 0.4) is 0 Å². The van der Waals surface area contributed by atoms with Gasteiger partial charge in [-0.1, -0.05) is 32.9 Å². The first-order chi connectivity index (χ1) is 16.7. The Morgan fingerprint density at radius 1 is 1.06 bits per heavy atom. The summed E-state index contributed by atoms with van der Waals surface area (Å²) in [6, 6.07) is 3.42. The van der Waals surface area contributed by atoms with Crippen LogP contribution >= 0.6 is 0 Å². The fraction of sp³-hybridized carbons (Fsp3) is 0.615. The molecule has 0 heterocycles. The molecule has 0 aliphatic heterocycles. The van der Waals surface area contributed by atoms with Crippen molar-refractivity contribution in [3.05, 3.63) is 29.8 Å². The molecule has 3 atom stereocenters. The number of ether oxygens (including phenoxy) is 2. The van der Waals surface area contributed by atoms with Crippen LogP contribution in [0.2, 0.25) is 0 Å². The Labute approximate surface area is 213 Å². The van der Waals surface area contributed by atoms with E-state index in [4.69, 9.17) is 4.74 Å². The second-order valence-corrected chi connectivity index (χ2v) is 10.1. The molecule has 0 bridgehead atoms. The molecule has 1 aromatic rings. The molecule has 10 heteroatoms. The fourth-order valence-corrected chi connectivity index (χ4v) is 3.54. The molecule has 0 saturated carbocycles. The van der Waals surface area contributed by atoms with Crippen molar-refractivity contribution in [3.8, 4) is 5.75 Å². The van der Waals surface area contributed by atoms with Crippen LogP contribution in [-0.4, -0.2) is 65.2 Å². The van der Waals surface area contributed by atoms with E-state index in [1.807, 2.05) is 20.8 Å². The number of phenols is 1. The van der Waals surface area contributed by atoms with E-state index in [0.29, 0.717) is 18.4 Å². The van der Waals surface area contributed by atoms with Gasteiger partial charge < -0.3 is 30.1 Å². The maximum Gasteiger partial charge on any atom is 0.408 e. The van der Waals surface area contributed by atoms with Crippen molar-refractivity contribution < 1.29 is 33.8 Å². The average molecular weight is 508 g/mol. The number of esters is 1. The molecule has 10 nitrogen and oxygen atoms in total. The summed E-state index contributed by atoms with van der Waals surface area (Å²) >= 11 is 0. The third-order valence-corrected chi connectivity index (χ3v) is 5.39. The molecule has 0 radical (unpaired) electrons. The minimum absolute atomic E-state index is 0.00170. The van der Waals surface area contributed by atoms with E-state index in [1.165, 1.54) is 24.1 Å². The van der Waals surface area contributed by atoms with Crippen molar-refractivity contribution in [1.29, 1.82) is 0 Å². The molecule has 0 saturated heterocycles. The van der Waals surface area contributed by atoms with E-state index >= 15 is 0 Å². The number of carbonyl (C=O) groups excluding carboxylic acids is 4. The Kier molecular flexibility index (Phi) is 11.7. The first-order valence-electron chi connectivity index (χ1n) is 12.1. The first kappa shape index (κ1) is 30.7. The number of rotatable bonds is 11. The van der Waals surface area contributed by atoms with Gasteiger partial charge in [0.1, 0.15) is 30.0 Å². The molecule has 202 valence electrons. The average Bonchev–Trinajstić information content (AvgIpc) is 2.78. The Hall–Kier alpha value is -3.30. The van der Waals surface area contributed by atoms with E-state index in [2.05, 4.69) is 15.4 Å². The zero-order valence-corrected chi connectivity index (χ0v) is 22.6. The number of phenolic OH excluding ortho intramolecular Hbond substituents is 1. The molecule has 3 unspecified atom stereocenters. The van der Waals surface area contributed by atoms with E-state index in [0.717, 1.165) is 0 Å². The highest BCUT2D eigenvalue weighted by Gasteiger charge is 2.38. The van der Waals surface area contributed by atoms with Gasteiger partial charge in [-0.05, 0) is 64.2 Å². The van der Waals surface area contributed by atoms with Gasteiger partial charge in [0.2, 0.25) is 11.8 Å². The summed E-state index contributed by atoms with van der Waals surface area (Å²) < 4.78 is 9.99. The molecule has 0 aliphatic carbocycles. The van der Waals surface area contributed by atoms with Crippen LogP contribution in [-0.2, 0) is 23.9 Å². The van der Waals surface area contributed by atoms with Gasteiger partial charge in [-0.25, -0.2) is 4.79 Å². The third kappa shape index (κ3) is 9.75. The van der Waals surface area contributed by atoms with Gasteiger partial charge in [-0.2, -0.15) is 0 Å². The third-order valence-electron chi connectivity index (χ3n) is 5.39. The molecule has 1 aromatic carbocycles. The number of nitrogens with one attached hydrogen (secondary N) is 2. The molecule has 3 amide bonds. The lowest BCUT2D eigenvalue weighted by Crippen LogP contribution is -2.56. The topological polar surface area (TPSA) is 134 Å². The van der Waals surface area contributed by atoms with Gasteiger partial charge in [0, 0.05) is 6.04 Å². The summed E-state index contributed by atoms with van der Waals surface area (Å²) in [6.45, 7) is 12.3. The standard InChI is InChI=1S/C26H41N3O7/c1-9-17(4)29(24(33)20(14-16(2)3)28-25(34)36-26(5,6)7)22(18-10-12-19(30)13-11-18)23(32)27-15-21(31)35-8/h10-13,16-17,20,22,30H,9,14-15H2,1-8H3,(H,27,32)(H,28,34). The molecule has 0 spiro atoms. The summed E-state index contributed by atoms with van der Waals surface area (Å²) in [5, 5.41) is 15.0. The van der Waals surface area contributed by atoms with Gasteiger partial charge in [-0.15, -0.1) is 0 Å². The van der Waals surface area contributed by atoms with Crippen LogP contribution in [0, 0.1) is 5.92 Å². The largest absolute Gasteiger partial charge is 0.508 e. The minimum atomic E-state index is -1.13. The second-order valence-electron chi connectivity index (χ2n) is 10.1. The monoisotopic (exact) mass is 507 g/mol. The molecule has 3 N–H and O–H groups in total. The zero-order valence-electron chi connectivity index (χ0n) is 22.6. The Bertz CT molecular complexity index is 894. The summed E-state index contributed by atoms with van der Waals surface area (Å²) in [6.07, 6.45) is 0.102. The van der Waals surface area contributed by atoms with Crippen LogP contribution < -0.4 is 10.6 Å². The van der Waals surface area contributed by atoms with E-state index in [-0.39, 0.29) is 18.2 Å². The lowest BCUT2D eigenvalue weighted by Gasteiger charge is -2.38. The SMILES string of the molecule is CCC(C)N(C(=O)C(CC(C)C)NC(=O)OC(C)(C)C)C(C(=O)NCC(=O)OC)c1ccc(O)cc1. The molecule has 0 aromatic heterocycles. The molecule has 1 rings (SSSR count). The van der Waals surface area contributed by atoms with Crippen LogP contribution in [0.15, 0.2) is 24.3 Å². The number of carbonyl (C=O) groups is 4. The summed E-state index contributed by atoms with van der Waals surface area (Å²) in [7, 11) is 1.21. The van der Waals surface area contributed by atoms with Gasteiger partial charge in [-0.3, -0.25) is 14.4 Å². The van der Waals surface area contributed by atoms with Crippen molar-refractivity contribution in [2.24, 2.45) is 5.92 Å². The number of amides is 3. The van der Waals surface area contributed by atoms with Gasteiger partial charge in [0.25, 0.3) is 0 Å². The van der Waals surface area contributed by atoms with E-state index in [9.17, 15) is 24.3 Å². The number of alkyl carbamates (subject to hydrolysis) is 1. The quantitative estimate of drug-likeness (QED) is 0.391. The van der Waals surface area contributed by atoms with Crippen LogP contribution in [0.25, 0.3) is 0 Å². The Morgan fingerprint density at radius 3 is 2.11 bits per heavy atom. The first-order valence-corrected chi connectivity index (χ1v) is 12.1. The van der Waals surface area contributed by atoms with Crippen molar-refractivity contribution in [1.82, 2.24) is 15.5 Å². The minimum Gasteiger partial charge on any atom is -0.508 e. The molecule has 0 fully saturated rings.